The third kappa shape index (κ3) is 5.95. The first-order valence-electron chi connectivity index (χ1n) is 11.1. The van der Waals surface area contributed by atoms with Gasteiger partial charge in [-0.25, -0.2) is 14.0 Å². The van der Waals surface area contributed by atoms with Crippen molar-refractivity contribution >= 4 is 35.1 Å². The molecular formula is C26H26ClFN2O5. The minimum atomic E-state index is -0.801. The van der Waals surface area contributed by atoms with Gasteiger partial charge in [0.25, 0.3) is 5.91 Å². The molecule has 1 aliphatic carbocycles. The van der Waals surface area contributed by atoms with Crippen molar-refractivity contribution in [2.45, 2.75) is 39.2 Å². The van der Waals surface area contributed by atoms with Gasteiger partial charge >= 0.3 is 11.9 Å². The van der Waals surface area contributed by atoms with E-state index in [0.29, 0.717) is 24.8 Å². The highest BCUT2D eigenvalue weighted by Crippen LogP contribution is 2.33. The molecule has 184 valence electrons. The maximum atomic E-state index is 15.2. The number of anilines is 1. The smallest absolute Gasteiger partial charge is 0.339 e. The average molecular weight is 501 g/mol. The van der Waals surface area contributed by atoms with Crippen LogP contribution in [0.4, 0.5) is 10.1 Å². The molecule has 0 radical (unpaired) electrons. The Bertz CT molecular complexity index is 1190. The van der Waals surface area contributed by atoms with Crippen LogP contribution in [0.3, 0.4) is 0 Å². The summed E-state index contributed by atoms with van der Waals surface area (Å²) in [6, 6.07) is 3.92. The van der Waals surface area contributed by atoms with Crippen LogP contribution >= 0.6 is 11.6 Å². The Morgan fingerprint density at radius 3 is 2.57 bits per heavy atom. The Labute approximate surface area is 208 Å². The zero-order chi connectivity index (χ0) is 25.5. The lowest BCUT2D eigenvalue weighted by molar-refractivity contribution is -0.138. The number of aromatic nitrogens is 1. The van der Waals surface area contributed by atoms with Crippen LogP contribution in [-0.4, -0.2) is 36.5 Å². The third-order valence-corrected chi connectivity index (χ3v) is 6.07. The van der Waals surface area contributed by atoms with Crippen LogP contribution in [0, 0.1) is 12.7 Å². The fourth-order valence-corrected chi connectivity index (χ4v) is 4.09. The maximum absolute atomic E-state index is 15.2. The molecule has 0 atom stereocenters. The number of halogens is 2. The number of methoxy groups -OCH3 is 1. The fraction of sp³-hybridized carbons (Fsp3) is 0.308. The topological polar surface area (TPSA) is 85.8 Å². The van der Waals surface area contributed by atoms with E-state index in [1.54, 1.807) is 18.5 Å². The van der Waals surface area contributed by atoms with Crippen LogP contribution in [0.25, 0.3) is 0 Å². The number of pyridine rings is 1. The van der Waals surface area contributed by atoms with Crippen molar-refractivity contribution in [2.24, 2.45) is 0 Å². The molecule has 35 heavy (non-hydrogen) atoms. The number of carbonyl (C=O) groups is 3. The quantitative estimate of drug-likeness (QED) is 0.370. The van der Waals surface area contributed by atoms with Gasteiger partial charge in [0.2, 0.25) is 0 Å². The minimum Gasteiger partial charge on any atom is -0.465 e. The summed E-state index contributed by atoms with van der Waals surface area (Å²) in [5.41, 5.74) is 1.76. The lowest BCUT2D eigenvalue weighted by Gasteiger charge is -2.28. The van der Waals surface area contributed by atoms with Gasteiger partial charge < -0.3 is 14.4 Å². The van der Waals surface area contributed by atoms with E-state index in [2.05, 4.69) is 11.6 Å². The zero-order valence-corrected chi connectivity index (χ0v) is 20.4. The van der Waals surface area contributed by atoms with Gasteiger partial charge in [-0.3, -0.25) is 9.78 Å². The Balaban J connectivity index is 2.15. The van der Waals surface area contributed by atoms with Crippen LogP contribution in [-0.2, 0) is 25.6 Å². The Hall–Kier alpha value is -3.52. The summed E-state index contributed by atoms with van der Waals surface area (Å²) < 4.78 is 25.2. The molecular weight excluding hydrogens is 475 g/mol. The summed E-state index contributed by atoms with van der Waals surface area (Å²) in [7, 11) is 1.18. The highest BCUT2D eigenvalue weighted by molar-refractivity contribution is 6.33. The van der Waals surface area contributed by atoms with Gasteiger partial charge in [-0.1, -0.05) is 24.3 Å². The van der Waals surface area contributed by atoms with Crippen LogP contribution in [0.5, 0.6) is 0 Å². The standard InChI is InChI=1S/C26H26ClFN2O5/c1-4-11-35-26(33)19-8-6-5-7-18(19)24(31)30(15-17-14-29-10-9-16(17)2)23-12-20(25(32)34-3)21(27)13-22(23)28/h4,9-10,12-14H,1,5-8,11,15H2,2-3H3. The van der Waals surface area contributed by atoms with Crippen LogP contribution < -0.4 is 4.90 Å². The van der Waals surface area contributed by atoms with Gasteiger partial charge in [0, 0.05) is 23.5 Å². The Kier molecular flexibility index (Phi) is 8.76. The molecule has 0 fully saturated rings. The first-order valence-corrected chi connectivity index (χ1v) is 11.4. The van der Waals surface area contributed by atoms with E-state index in [4.69, 9.17) is 21.1 Å². The molecule has 0 spiro atoms. The Morgan fingerprint density at radius 2 is 1.91 bits per heavy atom. The molecule has 1 aromatic carbocycles. The second kappa shape index (κ2) is 11.8. The third-order valence-electron chi connectivity index (χ3n) is 5.76. The van der Waals surface area contributed by atoms with Crippen molar-refractivity contribution < 1.29 is 28.2 Å². The maximum Gasteiger partial charge on any atom is 0.339 e. The minimum absolute atomic E-state index is 0.0106. The van der Waals surface area contributed by atoms with Crippen LogP contribution in [0.15, 0.2) is 54.4 Å². The summed E-state index contributed by atoms with van der Waals surface area (Å²) in [5, 5.41) is -0.145. The lowest BCUT2D eigenvalue weighted by Crippen LogP contribution is -2.35. The number of rotatable bonds is 8. The van der Waals surface area contributed by atoms with Crippen LogP contribution in [0.2, 0.25) is 5.02 Å². The molecule has 7 nitrogen and oxygen atoms in total. The molecule has 1 amide bonds. The molecule has 9 heteroatoms. The normalized spacial score (nSPS) is 13.3. The van der Waals surface area contributed by atoms with E-state index in [9.17, 15) is 14.4 Å². The number of esters is 2. The summed E-state index contributed by atoms with van der Waals surface area (Å²) in [6.07, 6.45) is 6.75. The summed E-state index contributed by atoms with van der Waals surface area (Å²) >= 11 is 6.07. The van der Waals surface area contributed by atoms with Gasteiger partial charge in [0.05, 0.1) is 29.9 Å². The van der Waals surface area contributed by atoms with E-state index >= 15 is 4.39 Å². The summed E-state index contributed by atoms with van der Waals surface area (Å²) in [5.74, 6) is -2.73. The van der Waals surface area contributed by atoms with Gasteiger partial charge in [-0.05, 0) is 61.9 Å². The van der Waals surface area contributed by atoms with E-state index in [0.717, 1.165) is 18.1 Å². The number of nitrogens with zero attached hydrogens (tertiary/aromatic N) is 2. The van der Waals surface area contributed by atoms with Crippen molar-refractivity contribution in [3.63, 3.8) is 0 Å². The fourth-order valence-electron chi connectivity index (χ4n) is 3.86. The molecule has 0 saturated heterocycles. The number of hydrogen-bond acceptors (Lipinski definition) is 6. The second-order valence-corrected chi connectivity index (χ2v) is 8.43. The number of aryl methyl sites for hydroxylation is 1. The van der Waals surface area contributed by atoms with Crippen LogP contribution in [0.1, 0.15) is 47.2 Å². The molecule has 2 aromatic rings. The largest absolute Gasteiger partial charge is 0.465 e. The van der Waals surface area contributed by atoms with E-state index in [1.807, 2.05) is 6.92 Å². The molecule has 0 saturated carbocycles. The first-order chi connectivity index (χ1) is 16.8. The number of hydrogen-bond donors (Lipinski definition) is 0. The average Bonchev–Trinajstić information content (AvgIpc) is 2.86. The number of ether oxygens (including phenoxy) is 2. The molecule has 3 rings (SSSR count). The first kappa shape index (κ1) is 26.1. The van der Waals surface area contributed by atoms with Crippen molar-refractivity contribution in [1.82, 2.24) is 4.98 Å². The Morgan fingerprint density at radius 1 is 1.20 bits per heavy atom. The van der Waals surface area contributed by atoms with Crippen molar-refractivity contribution in [3.05, 3.63) is 81.9 Å². The van der Waals surface area contributed by atoms with Gasteiger partial charge in [-0.15, -0.1) is 0 Å². The van der Waals surface area contributed by atoms with Gasteiger partial charge in [-0.2, -0.15) is 0 Å². The number of amides is 1. The zero-order valence-electron chi connectivity index (χ0n) is 19.6. The highest BCUT2D eigenvalue weighted by Gasteiger charge is 2.31. The molecule has 0 unspecified atom stereocenters. The molecule has 0 bridgehead atoms. The second-order valence-electron chi connectivity index (χ2n) is 8.02. The molecule has 0 aliphatic heterocycles. The highest BCUT2D eigenvalue weighted by atomic mass is 35.5. The molecule has 1 aromatic heterocycles. The molecule has 1 aliphatic rings. The number of carbonyl (C=O) groups excluding carboxylic acids is 3. The van der Waals surface area contributed by atoms with Crippen molar-refractivity contribution in [2.75, 3.05) is 18.6 Å². The van der Waals surface area contributed by atoms with E-state index in [-0.39, 0.29) is 40.6 Å². The summed E-state index contributed by atoms with van der Waals surface area (Å²) in [6.45, 7) is 5.34. The van der Waals surface area contributed by atoms with E-state index in [1.165, 1.54) is 24.2 Å². The molecule has 0 N–H and O–H groups in total. The summed E-state index contributed by atoms with van der Waals surface area (Å²) in [4.78, 5) is 44.1. The SMILES string of the molecule is C=CCOC(=O)C1=C(C(=O)N(Cc2cnccc2C)c2cc(C(=O)OC)c(Cl)cc2F)CCCC1. The van der Waals surface area contributed by atoms with Gasteiger partial charge in [0.15, 0.2) is 0 Å². The monoisotopic (exact) mass is 500 g/mol. The van der Waals surface area contributed by atoms with Crippen molar-refractivity contribution in [3.8, 4) is 0 Å². The predicted molar refractivity (Wildman–Crippen MR) is 130 cm³/mol. The number of benzene rings is 1. The predicted octanol–water partition coefficient (Wildman–Crippen LogP) is 5.10. The van der Waals surface area contributed by atoms with Crippen molar-refractivity contribution in [1.29, 1.82) is 0 Å². The van der Waals surface area contributed by atoms with E-state index < -0.39 is 23.7 Å². The molecule has 1 heterocycles. The lowest BCUT2D eigenvalue weighted by atomic mass is 9.90. The van der Waals surface area contributed by atoms with Gasteiger partial charge in [0.1, 0.15) is 12.4 Å².